The highest BCUT2D eigenvalue weighted by Gasteiger charge is 2.30. The zero-order chi connectivity index (χ0) is 25.3. The van der Waals surface area contributed by atoms with Crippen molar-refractivity contribution < 1.29 is 9.13 Å². The summed E-state index contributed by atoms with van der Waals surface area (Å²) in [5.41, 5.74) is 6.79. The van der Waals surface area contributed by atoms with Gasteiger partial charge in [-0.1, -0.05) is 11.6 Å². The molecule has 8 nitrogen and oxygen atoms in total. The van der Waals surface area contributed by atoms with Gasteiger partial charge in [0, 0.05) is 56.5 Å². The number of hydrogen-bond donors (Lipinski definition) is 1. The lowest BCUT2D eigenvalue weighted by molar-refractivity contribution is 0.141. The van der Waals surface area contributed by atoms with E-state index in [9.17, 15) is 14.0 Å². The fraction of sp³-hybridized carbons (Fsp3) is 0.520. The van der Waals surface area contributed by atoms with Crippen LogP contribution in [0.25, 0.3) is 11.0 Å². The summed E-state index contributed by atoms with van der Waals surface area (Å²) in [6, 6.07) is 6.08. The summed E-state index contributed by atoms with van der Waals surface area (Å²) in [5.74, 6) is 0.355. The van der Waals surface area contributed by atoms with Crippen LogP contribution in [-0.4, -0.2) is 45.5 Å². The Kier molecular flexibility index (Phi) is 8.93. The molecule has 0 saturated carbocycles. The second-order valence-corrected chi connectivity index (χ2v) is 9.99. The first-order valence-corrected chi connectivity index (χ1v) is 12.4. The molecule has 3 heterocycles. The van der Waals surface area contributed by atoms with E-state index in [1.807, 2.05) is 24.5 Å². The van der Waals surface area contributed by atoms with Gasteiger partial charge in [0.25, 0.3) is 5.56 Å². The smallest absolute Gasteiger partial charge is 0.331 e. The molecular formula is C25H34Cl2FN5O3. The Hall–Kier alpha value is -2.33. The van der Waals surface area contributed by atoms with Gasteiger partial charge >= 0.3 is 5.69 Å². The molecule has 0 unspecified atom stereocenters. The second-order valence-electron chi connectivity index (χ2n) is 9.59. The van der Waals surface area contributed by atoms with Crippen molar-refractivity contribution in [3.8, 4) is 0 Å². The van der Waals surface area contributed by atoms with Gasteiger partial charge < -0.3 is 19.9 Å². The van der Waals surface area contributed by atoms with Gasteiger partial charge in [-0.05, 0) is 56.9 Å². The van der Waals surface area contributed by atoms with Gasteiger partial charge in [-0.25, -0.2) is 9.18 Å². The van der Waals surface area contributed by atoms with Gasteiger partial charge in [-0.3, -0.25) is 13.9 Å². The van der Waals surface area contributed by atoms with Crippen molar-refractivity contribution in [2.24, 2.45) is 12.8 Å². The van der Waals surface area contributed by atoms with E-state index in [0.29, 0.717) is 54.3 Å². The number of halogens is 3. The van der Waals surface area contributed by atoms with E-state index in [4.69, 9.17) is 22.1 Å². The van der Waals surface area contributed by atoms with Gasteiger partial charge in [0.1, 0.15) is 17.2 Å². The fourth-order valence-electron chi connectivity index (χ4n) is 4.89. The summed E-state index contributed by atoms with van der Waals surface area (Å²) in [6.45, 7) is 6.98. The lowest BCUT2D eigenvalue weighted by atomic mass is 9.92. The third-order valence-electron chi connectivity index (χ3n) is 6.63. The maximum absolute atomic E-state index is 14.1. The van der Waals surface area contributed by atoms with Crippen LogP contribution in [-0.2, 0) is 24.9 Å². The van der Waals surface area contributed by atoms with Crippen LogP contribution in [0.5, 0.6) is 0 Å². The number of aryl methyl sites for hydroxylation is 1. The van der Waals surface area contributed by atoms with Crippen molar-refractivity contribution >= 4 is 40.9 Å². The number of hydrogen-bond acceptors (Lipinski definition) is 5. The topological polar surface area (TPSA) is 87.4 Å². The van der Waals surface area contributed by atoms with Crippen molar-refractivity contribution in [3.05, 3.63) is 61.5 Å². The van der Waals surface area contributed by atoms with E-state index < -0.39 is 16.9 Å². The Morgan fingerprint density at radius 2 is 1.97 bits per heavy atom. The Balaban J connectivity index is 0.00000361. The number of fused-ring (bicyclic) bond motifs is 1. The van der Waals surface area contributed by atoms with E-state index in [0.717, 1.165) is 29.8 Å². The maximum Gasteiger partial charge on any atom is 0.331 e. The van der Waals surface area contributed by atoms with E-state index in [2.05, 4.69) is 4.90 Å². The monoisotopic (exact) mass is 541 g/mol. The van der Waals surface area contributed by atoms with Crippen LogP contribution in [0.4, 0.5) is 10.2 Å². The number of piperidine rings is 1. The minimum Gasteiger partial charge on any atom is -0.382 e. The molecule has 0 spiro atoms. The Morgan fingerprint density at radius 3 is 2.67 bits per heavy atom. The third-order valence-corrected chi connectivity index (χ3v) is 7.00. The van der Waals surface area contributed by atoms with E-state index >= 15 is 0 Å². The number of nitrogens with zero attached hydrogens (tertiary/aromatic N) is 4. The molecule has 4 rings (SSSR count). The third kappa shape index (κ3) is 5.64. The Morgan fingerprint density at radius 1 is 1.22 bits per heavy atom. The summed E-state index contributed by atoms with van der Waals surface area (Å²) in [7, 11) is 1.48. The van der Waals surface area contributed by atoms with E-state index in [1.165, 1.54) is 25.2 Å². The molecular weight excluding hydrogens is 508 g/mol. The lowest BCUT2D eigenvalue weighted by Gasteiger charge is -2.39. The summed E-state index contributed by atoms with van der Waals surface area (Å²) in [6.07, 6.45) is 2.42. The molecule has 0 aliphatic carbocycles. The molecule has 198 valence electrons. The quantitative estimate of drug-likeness (QED) is 0.441. The van der Waals surface area contributed by atoms with Crippen molar-refractivity contribution in [2.45, 2.75) is 51.7 Å². The highest BCUT2D eigenvalue weighted by Crippen LogP contribution is 2.31. The number of benzene rings is 1. The fourth-order valence-corrected chi connectivity index (χ4v) is 5.06. The molecule has 1 aromatic carbocycles. The van der Waals surface area contributed by atoms with Crippen LogP contribution in [0.3, 0.4) is 0 Å². The number of anilines is 1. The normalized spacial score (nSPS) is 18.0. The minimum atomic E-state index is -0.407. The average molecular weight is 542 g/mol. The number of aromatic nitrogens is 3. The molecule has 1 aliphatic heterocycles. The van der Waals surface area contributed by atoms with Gasteiger partial charge in [-0.15, -0.1) is 12.4 Å². The van der Waals surface area contributed by atoms with Gasteiger partial charge in [-0.2, -0.15) is 0 Å². The van der Waals surface area contributed by atoms with Crippen LogP contribution < -0.4 is 21.9 Å². The van der Waals surface area contributed by atoms with Gasteiger partial charge in [0.15, 0.2) is 0 Å². The summed E-state index contributed by atoms with van der Waals surface area (Å²) < 4.78 is 24.1. The molecule has 0 radical (unpaired) electrons. The zero-order valence-corrected chi connectivity index (χ0v) is 22.5. The largest absolute Gasteiger partial charge is 0.382 e. The van der Waals surface area contributed by atoms with E-state index in [-0.39, 0.29) is 24.6 Å². The predicted molar refractivity (Wildman–Crippen MR) is 144 cm³/mol. The highest BCUT2D eigenvalue weighted by atomic mass is 35.5. The molecule has 1 atom stereocenters. The summed E-state index contributed by atoms with van der Waals surface area (Å²) in [4.78, 5) is 28.7. The van der Waals surface area contributed by atoms with Gasteiger partial charge in [0.05, 0.1) is 12.1 Å². The summed E-state index contributed by atoms with van der Waals surface area (Å²) >= 11 is 6.41. The van der Waals surface area contributed by atoms with Crippen LogP contribution in [0.2, 0.25) is 5.02 Å². The molecule has 11 heteroatoms. The first-order valence-electron chi connectivity index (χ1n) is 12.0. The average Bonchev–Trinajstić information content (AvgIpc) is 3.18. The molecule has 1 saturated heterocycles. The highest BCUT2D eigenvalue weighted by molar-refractivity contribution is 6.31. The van der Waals surface area contributed by atoms with Gasteiger partial charge in [0.2, 0.25) is 0 Å². The molecule has 1 fully saturated rings. The molecule has 1 aliphatic rings. The molecule has 3 aromatic rings. The molecule has 2 aromatic heterocycles. The SMILES string of the molecule is CCOCCCn1c(=O)n(C)c(=O)c2c1cc(N1CCC[C@@](C)(N)C1)n2Cc1cc(F)ccc1Cl.Cl. The van der Waals surface area contributed by atoms with Crippen LogP contribution in [0, 0.1) is 5.82 Å². The molecule has 36 heavy (non-hydrogen) atoms. The minimum absolute atomic E-state index is 0. The zero-order valence-electron chi connectivity index (χ0n) is 20.9. The van der Waals surface area contributed by atoms with Crippen molar-refractivity contribution in [3.63, 3.8) is 0 Å². The second kappa shape index (κ2) is 11.4. The van der Waals surface area contributed by atoms with Crippen molar-refractivity contribution in [2.75, 3.05) is 31.2 Å². The maximum atomic E-state index is 14.1. The van der Waals surface area contributed by atoms with E-state index in [1.54, 1.807) is 4.57 Å². The number of ether oxygens (including phenoxy) is 1. The molecule has 0 bridgehead atoms. The first kappa shape index (κ1) is 28.2. The lowest BCUT2D eigenvalue weighted by Crippen LogP contribution is -2.52. The number of rotatable bonds is 8. The number of nitrogens with two attached hydrogens (primary N) is 1. The Bertz CT molecular complexity index is 1350. The predicted octanol–water partition coefficient (Wildman–Crippen LogP) is 3.51. The van der Waals surface area contributed by atoms with Crippen molar-refractivity contribution in [1.82, 2.24) is 13.7 Å². The molecule has 2 N–H and O–H groups in total. The summed E-state index contributed by atoms with van der Waals surface area (Å²) in [5, 5.41) is 0.406. The first-order chi connectivity index (χ1) is 16.6. The van der Waals surface area contributed by atoms with Crippen LogP contribution in [0.15, 0.2) is 33.9 Å². The van der Waals surface area contributed by atoms with Crippen LogP contribution >= 0.6 is 24.0 Å². The standard InChI is InChI=1S/C25H33ClFN5O3.ClH/c1-4-35-12-6-11-31-20-14-21(30-10-5-9-25(2,28)16-30)32(22(20)23(33)29(3)24(31)34)15-17-13-18(27)7-8-19(17)26;/h7-8,13-14H,4-6,9-12,15-16,28H2,1-3H3;1H/t25-;/m1./s1. The van der Waals surface area contributed by atoms with Crippen molar-refractivity contribution in [1.29, 1.82) is 0 Å². The Labute approximate surface area is 220 Å². The molecule has 0 amide bonds. The van der Waals surface area contributed by atoms with Crippen LogP contribution in [0.1, 0.15) is 38.7 Å².